The van der Waals surface area contributed by atoms with Crippen molar-refractivity contribution in [1.82, 2.24) is 13.8 Å². The van der Waals surface area contributed by atoms with E-state index in [2.05, 4.69) is 18.4 Å². The van der Waals surface area contributed by atoms with Crippen LogP contribution < -0.4 is 4.74 Å². The summed E-state index contributed by atoms with van der Waals surface area (Å²) < 4.78 is 35.0. The summed E-state index contributed by atoms with van der Waals surface area (Å²) in [5.74, 6) is 0.740. The maximum atomic E-state index is 13.0. The minimum Gasteiger partial charge on any atom is -0.494 e. The van der Waals surface area contributed by atoms with E-state index >= 15 is 0 Å². The summed E-state index contributed by atoms with van der Waals surface area (Å²) in [6.45, 7) is 12.8. The van der Waals surface area contributed by atoms with Crippen LogP contribution in [0.15, 0.2) is 35.2 Å². The van der Waals surface area contributed by atoms with Crippen LogP contribution in [0.4, 0.5) is 0 Å². The molecule has 1 saturated heterocycles. The molecule has 0 radical (unpaired) electrons. The van der Waals surface area contributed by atoms with E-state index in [0.717, 1.165) is 17.0 Å². The summed E-state index contributed by atoms with van der Waals surface area (Å²) in [5, 5.41) is 0. The number of carbonyl (C=O) groups excluding carboxylic acids is 1. The first-order valence-corrected chi connectivity index (χ1v) is 12.3. The monoisotopic (exact) mass is 447 g/mol. The van der Waals surface area contributed by atoms with Gasteiger partial charge in [-0.05, 0) is 65.0 Å². The average molecular weight is 448 g/mol. The van der Waals surface area contributed by atoms with Crippen LogP contribution in [0.1, 0.15) is 48.6 Å². The van der Waals surface area contributed by atoms with Gasteiger partial charge in [-0.1, -0.05) is 0 Å². The minimum absolute atomic E-state index is 0.0859. The summed E-state index contributed by atoms with van der Waals surface area (Å²) in [6, 6.07) is 8.79. The van der Waals surface area contributed by atoms with Crippen molar-refractivity contribution in [3.63, 3.8) is 0 Å². The number of Topliss-reactive ketones (excluding diaryl/α,β-unsaturated/α-hetero) is 1. The van der Waals surface area contributed by atoms with Crippen LogP contribution in [-0.4, -0.2) is 67.3 Å². The Bertz CT molecular complexity index is 1020. The molecule has 2 heterocycles. The lowest BCUT2D eigenvalue weighted by Gasteiger charge is -2.33. The Morgan fingerprint density at radius 2 is 1.68 bits per heavy atom. The highest BCUT2D eigenvalue weighted by Crippen LogP contribution is 2.23. The molecule has 1 aliphatic rings. The third-order valence-corrected chi connectivity index (χ3v) is 7.69. The number of carbonyl (C=O) groups is 1. The third kappa shape index (κ3) is 5.02. The zero-order chi connectivity index (χ0) is 22.8. The molecule has 31 heavy (non-hydrogen) atoms. The molecule has 0 atom stereocenters. The molecule has 0 saturated carbocycles. The van der Waals surface area contributed by atoms with E-state index in [9.17, 15) is 13.2 Å². The van der Waals surface area contributed by atoms with E-state index in [-0.39, 0.29) is 10.7 Å². The molecule has 1 fully saturated rings. The fraction of sp³-hybridized carbons (Fsp3) is 0.522. The van der Waals surface area contributed by atoms with Crippen molar-refractivity contribution in [3.05, 3.63) is 47.3 Å². The number of piperazine rings is 1. The van der Waals surface area contributed by atoms with E-state index in [1.165, 1.54) is 4.31 Å². The standard InChI is InChI=1S/C23H33N3O4S/c1-6-30-20-7-9-21(10-8-20)31(28,29)25-13-11-24(12-14-25)16-23(27)22-15-18(4)26(17(2)3)19(22)5/h7-10,15,17H,6,11-14,16H2,1-5H3. The first-order valence-electron chi connectivity index (χ1n) is 10.8. The molecule has 0 amide bonds. The second-order valence-corrected chi connectivity index (χ2v) is 10.2. The third-order valence-electron chi connectivity index (χ3n) is 5.77. The Hall–Kier alpha value is -2.16. The van der Waals surface area contributed by atoms with Gasteiger partial charge in [-0.15, -0.1) is 0 Å². The molecule has 0 aliphatic carbocycles. The Kier molecular flexibility index (Phi) is 7.24. The molecule has 0 spiro atoms. The zero-order valence-electron chi connectivity index (χ0n) is 19.1. The summed E-state index contributed by atoms with van der Waals surface area (Å²) in [6.07, 6.45) is 0. The van der Waals surface area contributed by atoms with Crippen LogP contribution in [-0.2, 0) is 10.0 Å². The van der Waals surface area contributed by atoms with E-state index in [1.807, 2.05) is 31.7 Å². The lowest BCUT2D eigenvalue weighted by molar-refractivity contribution is 0.0901. The first-order chi connectivity index (χ1) is 14.6. The number of rotatable bonds is 8. The average Bonchev–Trinajstić information content (AvgIpc) is 3.03. The molecule has 170 valence electrons. The lowest BCUT2D eigenvalue weighted by atomic mass is 10.1. The van der Waals surface area contributed by atoms with Crippen LogP contribution in [0, 0.1) is 13.8 Å². The van der Waals surface area contributed by atoms with Gasteiger partial charge >= 0.3 is 0 Å². The van der Waals surface area contributed by atoms with Crippen molar-refractivity contribution in [2.45, 2.75) is 45.6 Å². The number of ether oxygens (including phenoxy) is 1. The largest absolute Gasteiger partial charge is 0.494 e. The fourth-order valence-corrected chi connectivity index (χ4v) is 5.72. The van der Waals surface area contributed by atoms with Crippen molar-refractivity contribution < 1.29 is 17.9 Å². The van der Waals surface area contributed by atoms with Gasteiger partial charge < -0.3 is 9.30 Å². The first kappa shape index (κ1) is 23.5. The number of aryl methyl sites for hydroxylation is 1. The fourth-order valence-electron chi connectivity index (χ4n) is 4.29. The van der Waals surface area contributed by atoms with Crippen LogP contribution >= 0.6 is 0 Å². The Balaban J connectivity index is 1.61. The quantitative estimate of drug-likeness (QED) is 0.581. The van der Waals surface area contributed by atoms with E-state index in [4.69, 9.17) is 4.74 Å². The summed E-state index contributed by atoms with van der Waals surface area (Å²) in [7, 11) is -3.55. The van der Waals surface area contributed by atoms with Gasteiger partial charge in [-0.25, -0.2) is 8.42 Å². The zero-order valence-corrected chi connectivity index (χ0v) is 19.9. The number of hydrogen-bond donors (Lipinski definition) is 0. The van der Waals surface area contributed by atoms with Gasteiger partial charge in [-0.3, -0.25) is 9.69 Å². The number of nitrogens with zero attached hydrogens (tertiary/aromatic N) is 3. The van der Waals surface area contributed by atoms with Gasteiger partial charge in [0.2, 0.25) is 10.0 Å². The van der Waals surface area contributed by atoms with E-state index in [0.29, 0.717) is 51.1 Å². The maximum absolute atomic E-state index is 13.0. The summed E-state index contributed by atoms with van der Waals surface area (Å²) in [4.78, 5) is 15.2. The van der Waals surface area contributed by atoms with Gasteiger partial charge in [0, 0.05) is 49.2 Å². The smallest absolute Gasteiger partial charge is 0.243 e. The molecular formula is C23H33N3O4S. The van der Waals surface area contributed by atoms with Crippen molar-refractivity contribution in [2.75, 3.05) is 39.3 Å². The molecule has 0 unspecified atom stereocenters. The molecule has 0 N–H and O–H groups in total. The Morgan fingerprint density at radius 3 is 2.19 bits per heavy atom. The van der Waals surface area contributed by atoms with Crippen LogP contribution in [0.2, 0.25) is 0 Å². The van der Waals surface area contributed by atoms with Crippen LogP contribution in [0.5, 0.6) is 5.75 Å². The van der Waals surface area contributed by atoms with Crippen LogP contribution in [0.25, 0.3) is 0 Å². The normalized spacial score (nSPS) is 16.1. The predicted molar refractivity (Wildman–Crippen MR) is 121 cm³/mol. The molecule has 3 rings (SSSR count). The van der Waals surface area contributed by atoms with Crippen molar-refractivity contribution >= 4 is 15.8 Å². The van der Waals surface area contributed by atoms with Gasteiger partial charge in [0.25, 0.3) is 0 Å². The lowest BCUT2D eigenvalue weighted by Crippen LogP contribution is -2.49. The number of aromatic nitrogens is 1. The summed E-state index contributed by atoms with van der Waals surface area (Å²) in [5.41, 5.74) is 2.84. The number of sulfonamides is 1. The SMILES string of the molecule is CCOc1ccc(S(=O)(=O)N2CCN(CC(=O)c3cc(C)n(C(C)C)c3C)CC2)cc1. The highest BCUT2D eigenvalue weighted by Gasteiger charge is 2.29. The molecule has 1 aliphatic heterocycles. The molecule has 1 aromatic carbocycles. The predicted octanol–water partition coefficient (Wildman–Crippen LogP) is 3.27. The topological polar surface area (TPSA) is 71.9 Å². The van der Waals surface area contributed by atoms with E-state index < -0.39 is 10.0 Å². The van der Waals surface area contributed by atoms with Crippen LogP contribution in [0.3, 0.4) is 0 Å². The van der Waals surface area contributed by atoms with Gasteiger partial charge in [0.15, 0.2) is 5.78 Å². The molecule has 7 nitrogen and oxygen atoms in total. The van der Waals surface area contributed by atoms with E-state index in [1.54, 1.807) is 24.3 Å². The molecule has 2 aromatic rings. The minimum atomic E-state index is -3.55. The van der Waals surface area contributed by atoms with Crippen molar-refractivity contribution in [1.29, 1.82) is 0 Å². The molecular weight excluding hydrogens is 414 g/mol. The summed E-state index contributed by atoms with van der Waals surface area (Å²) >= 11 is 0. The van der Waals surface area contributed by atoms with Gasteiger partial charge in [0.1, 0.15) is 5.75 Å². The number of ketones is 1. The van der Waals surface area contributed by atoms with Crippen molar-refractivity contribution in [3.8, 4) is 5.75 Å². The number of benzene rings is 1. The molecule has 1 aromatic heterocycles. The molecule has 8 heteroatoms. The highest BCUT2D eigenvalue weighted by atomic mass is 32.2. The Labute approximate surface area is 185 Å². The van der Waals surface area contributed by atoms with Gasteiger partial charge in [-0.2, -0.15) is 4.31 Å². The number of hydrogen-bond acceptors (Lipinski definition) is 5. The molecule has 0 bridgehead atoms. The Morgan fingerprint density at radius 1 is 1.06 bits per heavy atom. The second kappa shape index (κ2) is 9.54. The second-order valence-electron chi connectivity index (χ2n) is 8.26. The highest BCUT2D eigenvalue weighted by molar-refractivity contribution is 7.89. The van der Waals surface area contributed by atoms with Crippen molar-refractivity contribution in [2.24, 2.45) is 0 Å². The maximum Gasteiger partial charge on any atom is 0.243 e. The van der Waals surface area contributed by atoms with Gasteiger partial charge in [0.05, 0.1) is 18.0 Å².